The molecule has 0 saturated carbocycles. The summed E-state index contributed by atoms with van der Waals surface area (Å²) in [7, 11) is 0. The van der Waals surface area contributed by atoms with Crippen molar-refractivity contribution in [2.24, 2.45) is 0 Å². The average molecular weight is 345 g/mol. The number of nitrogens with one attached hydrogen (secondary N) is 1. The van der Waals surface area contributed by atoms with Gasteiger partial charge in [-0.15, -0.1) is 0 Å². The standard InChI is InChI=1S/C19H27N3O3/c1-14-5-7-17(8-6-14)22-13-15(12-18(22)24)20-19(25)21-10-3-2-4-16(21)9-11-23/h5-8,15-16,23H,2-4,9-13H2,1H3,(H,20,25)/t15-,16+/m0/s1. The predicted molar refractivity (Wildman–Crippen MR) is 96.5 cm³/mol. The number of benzene rings is 1. The van der Waals surface area contributed by atoms with E-state index in [9.17, 15) is 14.7 Å². The van der Waals surface area contributed by atoms with E-state index in [1.54, 1.807) is 4.90 Å². The van der Waals surface area contributed by atoms with Gasteiger partial charge in [0.1, 0.15) is 0 Å². The molecule has 0 aliphatic carbocycles. The molecule has 0 unspecified atom stereocenters. The number of amides is 3. The lowest BCUT2D eigenvalue weighted by Gasteiger charge is -2.36. The number of carbonyl (C=O) groups excluding carboxylic acids is 2. The molecule has 0 radical (unpaired) electrons. The van der Waals surface area contributed by atoms with Gasteiger partial charge in [0.05, 0.1) is 6.04 Å². The molecule has 2 aliphatic rings. The van der Waals surface area contributed by atoms with E-state index in [0.29, 0.717) is 19.4 Å². The number of aryl methyl sites for hydroxylation is 1. The van der Waals surface area contributed by atoms with Gasteiger partial charge in [0.25, 0.3) is 0 Å². The van der Waals surface area contributed by atoms with Gasteiger partial charge >= 0.3 is 6.03 Å². The van der Waals surface area contributed by atoms with Crippen LogP contribution in [0.4, 0.5) is 10.5 Å². The summed E-state index contributed by atoms with van der Waals surface area (Å²) in [5.74, 6) is 0.0414. The quantitative estimate of drug-likeness (QED) is 0.877. The number of aliphatic hydroxyl groups is 1. The number of anilines is 1. The van der Waals surface area contributed by atoms with Crippen molar-refractivity contribution >= 4 is 17.6 Å². The van der Waals surface area contributed by atoms with Gasteiger partial charge in [-0.25, -0.2) is 4.79 Å². The van der Waals surface area contributed by atoms with Crippen LogP contribution in [0.15, 0.2) is 24.3 Å². The van der Waals surface area contributed by atoms with Gasteiger partial charge in [0, 0.05) is 37.8 Å². The number of aliphatic hydroxyl groups excluding tert-OH is 1. The topological polar surface area (TPSA) is 72.9 Å². The third-order valence-corrected chi connectivity index (χ3v) is 5.15. The summed E-state index contributed by atoms with van der Waals surface area (Å²) in [6.45, 7) is 3.34. The largest absolute Gasteiger partial charge is 0.396 e. The van der Waals surface area contributed by atoms with Crippen LogP contribution in [0.1, 0.15) is 37.7 Å². The number of hydrogen-bond acceptors (Lipinski definition) is 3. The highest BCUT2D eigenvalue weighted by Crippen LogP contribution is 2.23. The number of likely N-dealkylation sites (tertiary alicyclic amines) is 1. The van der Waals surface area contributed by atoms with Gasteiger partial charge in [-0.05, 0) is 44.7 Å². The van der Waals surface area contributed by atoms with Gasteiger partial charge in [-0.2, -0.15) is 0 Å². The minimum absolute atomic E-state index is 0.0414. The number of carbonyl (C=O) groups is 2. The fraction of sp³-hybridized carbons (Fsp3) is 0.579. The van der Waals surface area contributed by atoms with Crippen molar-refractivity contribution in [2.75, 3.05) is 24.6 Å². The molecule has 3 amide bonds. The molecule has 1 aromatic rings. The first-order chi connectivity index (χ1) is 12.1. The second kappa shape index (κ2) is 7.87. The Morgan fingerprint density at radius 1 is 1.28 bits per heavy atom. The highest BCUT2D eigenvalue weighted by molar-refractivity contribution is 5.96. The minimum atomic E-state index is -0.169. The summed E-state index contributed by atoms with van der Waals surface area (Å²) >= 11 is 0. The van der Waals surface area contributed by atoms with Crippen LogP contribution in [0.2, 0.25) is 0 Å². The van der Waals surface area contributed by atoms with E-state index in [2.05, 4.69) is 5.32 Å². The zero-order chi connectivity index (χ0) is 17.8. The van der Waals surface area contributed by atoms with E-state index >= 15 is 0 Å². The van der Waals surface area contributed by atoms with Gasteiger partial charge in [-0.3, -0.25) is 4.79 Å². The van der Waals surface area contributed by atoms with E-state index < -0.39 is 0 Å². The van der Waals surface area contributed by atoms with Gasteiger partial charge < -0.3 is 20.2 Å². The van der Waals surface area contributed by atoms with Crippen LogP contribution < -0.4 is 10.2 Å². The molecule has 0 bridgehead atoms. The van der Waals surface area contributed by atoms with Crippen LogP contribution in [0.25, 0.3) is 0 Å². The zero-order valence-electron chi connectivity index (χ0n) is 14.8. The van der Waals surface area contributed by atoms with Crippen LogP contribution in [0.3, 0.4) is 0 Å². The van der Waals surface area contributed by atoms with Crippen LogP contribution in [-0.4, -0.2) is 53.7 Å². The van der Waals surface area contributed by atoms with E-state index in [1.807, 2.05) is 36.1 Å². The number of rotatable bonds is 4. The lowest BCUT2D eigenvalue weighted by molar-refractivity contribution is -0.117. The number of piperidine rings is 1. The fourth-order valence-electron chi connectivity index (χ4n) is 3.75. The molecule has 6 nitrogen and oxygen atoms in total. The molecule has 0 spiro atoms. The van der Waals surface area contributed by atoms with Crippen molar-refractivity contribution in [2.45, 2.75) is 51.1 Å². The first-order valence-corrected chi connectivity index (χ1v) is 9.13. The highest BCUT2D eigenvalue weighted by atomic mass is 16.3. The van der Waals surface area contributed by atoms with Crippen molar-refractivity contribution in [3.8, 4) is 0 Å². The Morgan fingerprint density at radius 3 is 2.76 bits per heavy atom. The molecule has 2 N–H and O–H groups in total. The van der Waals surface area contributed by atoms with Gasteiger partial charge in [0.15, 0.2) is 0 Å². The molecule has 2 fully saturated rings. The average Bonchev–Trinajstić information content (AvgIpc) is 2.96. The van der Waals surface area contributed by atoms with Crippen molar-refractivity contribution in [1.82, 2.24) is 10.2 Å². The first kappa shape index (κ1) is 17.7. The van der Waals surface area contributed by atoms with Crippen molar-refractivity contribution < 1.29 is 14.7 Å². The summed E-state index contributed by atoms with van der Waals surface area (Å²) < 4.78 is 0. The van der Waals surface area contributed by atoms with E-state index in [-0.39, 0.29) is 30.6 Å². The third kappa shape index (κ3) is 4.12. The summed E-state index contributed by atoms with van der Waals surface area (Å²) in [4.78, 5) is 28.5. The SMILES string of the molecule is Cc1ccc(N2C[C@@H](NC(=O)N3CCCC[C@@H]3CCO)CC2=O)cc1. The van der Waals surface area contributed by atoms with Crippen LogP contribution in [0, 0.1) is 6.92 Å². The molecular weight excluding hydrogens is 318 g/mol. The summed E-state index contributed by atoms with van der Waals surface area (Å²) in [6.07, 6.45) is 3.98. The number of urea groups is 1. The fourth-order valence-corrected chi connectivity index (χ4v) is 3.75. The maximum absolute atomic E-state index is 12.6. The molecule has 2 saturated heterocycles. The normalized spacial score (nSPS) is 23.8. The second-order valence-corrected chi connectivity index (χ2v) is 7.05. The first-order valence-electron chi connectivity index (χ1n) is 9.13. The molecule has 136 valence electrons. The molecule has 2 atom stereocenters. The molecule has 3 rings (SSSR count). The summed E-state index contributed by atoms with van der Waals surface area (Å²) in [5, 5.41) is 12.2. The molecule has 2 heterocycles. The van der Waals surface area contributed by atoms with E-state index in [0.717, 1.165) is 37.1 Å². The Bertz CT molecular complexity index is 615. The summed E-state index contributed by atoms with van der Waals surface area (Å²) in [6, 6.07) is 7.69. The Balaban J connectivity index is 1.60. The molecular formula is C19H27N3O3. The molecule has 1 aromatic carbocycles. The van der Waals surface area contributed by atoms with Gasteiger partial charge in [-0.1, -0.05) is 17.7 Å². The highest BCUT2D eigenvalue weighted by Gasteiger charge is 2.34. The maximum atomic E-state index is 12.6. The Hall–Kier alpha value is -2.08. The smallest absolute Gasteiger partial charge is 0.317 e. The second-order valence-electron chi connectivity index (χ2n) is 7.05. The Morgan fingerprint density at radius 2 is 2.04 bits per heavy atom. The molecule has 0 aromatic heterocycles. The molecule has 6 heteroatoms. The number of nitrogens with zero attached hydrogens (tertiary/aromatic N) is 2. The lowest BCUT2D eigenvalue weighted by atomic mass is 10.00. The van der Waals surface area contributed by atoms with E-state index in [1.165, 1.54) is 0 Å². The van der Waals surface area contributed by atoms with Crippen molar-refractivity contribution in [3.63, 3.8) is 0 Å². The Labute approximate surface area is 148 Å². The molecule has 25 heavy (non-hydrogen) atoms. The number of hydrogen-bond donors (Lipinski definition) is 2. The molecule has 2 aliphatic heterocycles. The minimum Gasteiger partial charge on any atom is -0.396 e. The van der Waals surface area contributed by atoms with Crippen LogP contribution in [-0.2, 0) is 4.79 Å². The van der Waals surface area contributed by atoms with Crippen LogP contribution in [0.5, 0.6) is 0 Å². The maximum Gasteiger partial charge on any atom is 0.317 e. The third-order valence-electron chi connectivity index (χ3n) is 5.15. The summed E-state index contributed by atoms with van der Waals surface area (Å²) in [5.41, 5.74) is 2.03. The lowest BCUT2D eigenvalue weighted by Crippen LogP contribution is -2.52. The van der Waals surface area contributed by atoms with Crippen LogP contribution >= 0.6 is 0 Å². The zero-order valence-corrected chi connectivity index (χ0v) is 14.8. The van der Waals surface area contributed by atoms with Gasteiger partial charge in [0.2, 0.25) is 5.91 Å². The van der Waals surface area contributed by atoms with Crippen molar-refractivity contribution in [3.05, 3.63) is 29.8 Å². The predicted octanol–water partition coefficient (Wildman–Crippen LogP) is 2.05. The van der Waals surface area contributed by atoms with E-state index in [4.69, 9.17) is 0 Å². The van der Waals surface area contributed by atoms with Crippen molar-refractivity contribution in [1.29, 1.82) is 0 Å². The Kier molecular flexibility index (Phi) is 5.58. The monoisotopic (exact) mass is 345 g/mol.